The summed E-state index contributed by atoms with van der Waals surface area (Å²) in [5.41, 5.74) is 7.57. The number of nitrogens with two attached hydrogens (primary N) is 1. The molecule has 106 valence electrons. The lowest BCUT2D eigenvalue weighted by atomic mass is 10.1. The molecule has 21 heavy (non-hydrogen) atoms. The summed E-state index contributed by atoms with van der Waals surface area (Å²) in [6, 6.07) is 13.0. The molecular formula is C16H14ClN3O. The van der Waals surface area contributed by atoms with Gasteiger partial charge < -0.3 is 15.8 Å². The van der Waals surface area contributed by atoms with Gasteiger partial charge in [-0.1, -0.05) is 11.6 Å². The number of nitrogen functional groups attached to an aromatic ring is 1. The molecular weight excluding hydrogens is 286 g/mol. The minimum atomic E-state index is 0.614. The molecule has 0 fully saturated rings. The third-order valence-electron chi connectivity index (χ3n) is 3.26. The summed E-state index contributed by atoms with van der Waals surface area (Å²) in [6.07, 6.45) is 1.71. The minimum Gasteiger partial charge on any atom is -0.497 e. The normalized spacial score (nSPS) is 10.6. The van der Waals surface area contributed by atoms with Crippen LogP contribution in [0.25, 0.3) is 10.8 Å². The zero-order valence-electron chi connectivity index (χ0n) is 11.4. The molecule has 5 heteroatoms. The van der Waals surface area contributed by atoms with E-state index in [2.05, 4.69) is 10.3 Å². The average Bonchev–Trinajstić information content (AvgIpc) is 2.52. The first-order chi connectivity index (χ1) is 10.2. The molecule has 0 bridgehead atoms. The van der Waals surface area contributed by atoms with Crippen LogP contribution < -0.4 is 15.8 Å². The Bertz CT molecular complexity index is 787. The number of nitrogens with zero attached hydrogens (tertiary/aromatic N) is 1. The minimum absolute atomic E-state index is 0.614. The van der Waals surface area contributed by atoms with Crippen LogP contribution in [0.3, 0.4) is 0 Å². The van der Waals surface area contributed by atoms with E-state index < -0.39 is 0 Å². The molecule has 0 unspecified atom stereocenters. The summed E-state index contributed by atoms with van der Waals surface area (Å²) < 4.78 is 5.14. The van der Waals surface area contributed by atoms with E-state index in [-0.39, 0.29) is 0 Å². The van der Waals surface area contributed by atoms with Crippen LogP contribution in [0.15, 0.2) is 48.7 Å². The summed E-state index contributed by atoms with van der Waals surface area (Å²) in [5, 5.41) is 5.57. The van der Waals surface area contributed by atoms with Gasteiger partial charge in [-0.3, -0.25) is 0 Å². The summed E-state index contributed by atoms with van der Waals surface area (Å²) in [7, 11) is 1.64. The van der Waals surface area contributed by atoms with Crippen LogP contribution in [0.2, 0.25) is 5.02 Å². The van der Waals surface area contributed by atoms with E-state index in [4.69, 9.17) is 22.1 Å². The van der Waals surface area contributed by atoms with Crippen LogP contribution >= 0.6 is 11.6 Å². The number of aromatic nitrogens is 1. The molecule has 3 aromatic rings. The molecule has 2 aromatic carbocycles. The molecule has 0 saturated carbocycles. The fraction of sp³-hybridized carbons (Fsp3) is 0.0625. The second-order valence-corrected chi connectivity index (χ2v) is 4.98. The maximum Gasteiger partial charge on any atom is 0.139 e. The van der Waals surface area contributed by atoms with Gasteiger partial charge in [0.1, 0.15) is 11.6 Å². The van der Waals surface area contributed by atoms with Gasteiger partial charge in [-0.2, -0.15) is 0 Å². The van der Waals surface area contributed by atoms with Gasteiger partial charge in [-0.05, 0) is 42.5 Å². The summed E-state index contributed by atoms with van der Waals surface area (Å²) in [4.78, 5) is 4.36. The van der Waals surface area contributed by atoms with Gasteiger partial charge in [0.05, 0.1) is 12.1 Å². The lowest BCUT2D eigenvalue weighted by molar-refractivity contribution is 0.415. The lowest BCUT2D eigenvalue weighted by Crippen LogP contribution is -1.97. The fourth-order valence-electron chi connectivity index (χ4n) is 2.19. The third kappa shape index (κ3) is 2.58. The Balaban J connectivity index is 2.06. The highest BCUT2D eigenvalue weighted by atomic mass is 35.5. The van der Waals surface area contributed by atoms with Crippen LogP contribution in [0.4, 0.5) is 17.2 Å². The third-order valence-corrected chi connectivity index (χ3v) is 3.58. The molecule has 0 saturated heterocycles. The molecule has 0 spiro atoms. The molecule has 0 aliphatic heterocycles. The Morgan fingerprint density at radius 1 is 1.10 bits per heavy atom. The quantitative estimate of drug-likeness (QED) is 0.711. The number of halogens is 1. The maximum atomic E-state index is 6.29. The van der Waals surface area contributed by atoms with E-state index in [9.17, 15) is 0 Å². The van der Waals surface area contributed by atoms with E-state index in [0.29, 0.717) is 16.5 Å². The molecule has 4 nitrogen and oxygen atoms in total. The number of rotatable bonds is 3. The number of benzene rings is 2. The standard InChI is InChI=1S/C16H14ClN3O/c1-21-11-4-2-10(3-5-11)20-16-15-12(8-9-19-16)14(18)7-6-13(15)17/h2-9H,18H2,1H3,(H,19,20). The second kappa shape index (κ2) is 5.50. The highest BCUT2D eigenvalue weighted by Crippen LogP contribution is 2.34. The number of hydrogen-bond acceptors (Lipinski definition) is 4. The predicted octanol–water partition coefficient (Wildman–Crippen LogP) is 4.22. The Hall–Kier alpha value is -2.46. The van der Waals surface area contributed by atoms with Gasteiger partial charge in [0.15, 0.2) is 0 Å². The molecule has 0 amide bonds. The first kappa shape index (κ1) is 13.5. The van der Waals surface area contributed by atoms with Crippen LogP contribution in [0, 0.1) is 0 Å². The van der Waals surface area contributed by atoms with Crippen molar-refractivity contribution < 1.29 is 4.74 Å². The van der Waals surface area contributed by atoms with E-state index >= 15 is 0 Å². The van der Waals surface area contributed by atoms with Crippen molar-refractivity contribution in [3.05, 3.63) is 53.7 Å². The molecule has 0 aliphatic carbocycles. The summed E-state index contributed by atoms with van der Waals surface area (Å²) >= 11 is 6.29. The number of fused-ring (bicyclic) bond motifs is 1. The monoisotopic (exact) mass is 299 g/mol. The van der Waals surface area contributed by atoms with Crippen LogP contribution in [-0.2, 0) is 0 Å². The van der Waals surface area contributed by atoms with Gasteiger partial charge >= 0.3 is 0 Å². The van der Waals surface area contributed by atoms with E-state index in [1.807, 2.05) is 30.3 Å². The van der Waals surface area contributed by atoms with E-state index in [1.165, 1.54) is 0 Å². The molecule has 0 aliphatic rings. The number of anilines is 3. The van der Waals surface area contributed by atoms with E-state index in [1.54, 1.807) is 25.4 Å². The van der Waals surface area contributed by atoms with Crippen molar-refractivity contribution in [2.45, 2.75) is 0 Å². The van der Waals surface area contributed by atoms with Crippen molar-refractivity contribution in [2.24, 2.45) is 0 Å². The predicted molar refractivity (Wildman–Crippen MR) is 87.4 cm³/mol. The van der Waals surface area contributed by atoms with Crippen LogP contribution in [0.1, 0.15) is 0 Å². The Kier molecular flexibility index (Phi) is 3.54. The Morgan fingerprint density at radius 2 is 1.86 bits per heavy atom. The zero-order valence-corrected chi connectivity index (χ0v) is 12.2. The number of nitrogens with one attached hydrogen (secondary N) is 1. The number of ether oxygens (including phenoxy) is 1. The van der Waals surface area contributed by atoms with E-state index in [0.717, 1.165) is 22.2 Å². The molecule has 3 rings (SSSR count). The average molecular weight is 300 g/mol. The van der Waals surface area contributed by atoms with Crippen molar-refractivity contribution in [1.29, 1.82) is 0 Å². The lowest BCUT2D eigenvalue weighted by Gasteiger charge is -2.11. The number of pyridine rings is 1. The van der Waals surface area contributed by atoms with Gasteiger partial charge in [-0.15, -0.1) is 0 Å². The van der Waals surface area contributed by atoms with Crippen molar-refractivity contribution in [3.63, 3.8) is 0 Å². The van der Waals surface area contributed by atoms with Gasteiger partial charge in [0, 0.05) is 28.3 Å². The second-order valence-electron chi connectivity index (χ2n) is 4.57. The van der Waals surface area contributed by atoms with Crippen molar-refractivity contribution in [1.82, 2.24) is 4.98 Å². The highest BCUT2D eigenvalue weighted by Gasteiger charge is 2.09. The number of hydrogen-bond donors (Lipinski definition) is 2. The summed E-state index contributed by atoms with van der Waals surface area (Å²) in [5.74, 6) is 1.48. The molecule has 1 heterocycles. The van der Waals surface area contributed by atoms with Gasteiger partial charge in [0.25, 0.3) is 0 Å². The molecule has 1 aromatic heterocycles. The Morgan fingerprint density at radius 3 is 2.57 bits per heavy atom. The van der Waals surface area contributed by atoms with Gasteiger partial charge in [0.2, 0.25) is 0 Å². The fourth-order valence-corrected chi connectivity index (χ4v) is 2.44. The smallest absolute Gasteiger partial charge is 0.139 e. The maximum absolute atomic E-state index is 6.29. The first-order valence-corrected chi connectivity index (χ1v) is 6.80. The molecule has 3 N–H and O–H groups in total. The van der Waals surface area contributed by atoms with Crippen LogP contribution in [-0.4, -0.2) is 12.1 Å². The Labute approximate surface area is 127 Å². The SMILES string of the molecule is COc1ccc(Nc2nccc3c(N)ccc(Cl)c23)cc1. The number of methoxy groups -OCH3 is 1. The van der Waals surface area contributed by atoms with Crippen molar-refractivity contribution in [2.75, 3.05) is 18.2 Å². The topological polar surface area (TPSA) is 60.2 Å². The van der Waals surface area contributed by atoms with Crippen LogP contribution in [0.5, 0.6) is 5.75 Å². The first-order valence-electron chi connectivity index (χ1n) is 6.43. The largest absolute Gasteiger partial charge is 0.497 e. The zero-order chi connectivity index (χ0) is 14.8. The molecule has 0 atom stereocenters. The molecule has 0 radical (unpaired) electrons. The van der Waals surface area contributed by atoms with Gasteiger partial charge in [-0.25, -0.2) is 4.98 Å². The summed E-state index contributed by atoms with van der Waals surface area (Å²) in [6.45, 7) is 0. The van der Waals surface area contributed by atoms with Crippen molar-refractivity contribution in [3.8, 4) is 5.75 Å². The van der Waals surface area contributed by atoms with Crippen molar-refractivity contribution >= 4 is 39.6 Å². The highest BCUT2D eigenvalue weighted by molar-refractivity contribution is 6.37.